The van der Waals surface area contributed by atoms with Crippen molar-refractivity contribution < 1.29 is 31.8 Å². The van der Waals surface area contributed by atoms with Crippen molar-refractivity contribution in [2.45, 2.75) is 26.4 Å². The summed E-state index contributed by atoms with van der Waals surface area (Å²) in [5, 5.41) is 8.17. The molecule has 3 N–H and O–H groups in total. The Morgan fingerprint density at radius 2 is 1.72 bits per heavy atom. The van der Waals surface area contributed by atoms with Crippen molar-refractivity contribution in [1.29, 1.82) is 0 Å². The summed E-state index contributed by atoms with van der Waals surface area (Å²) in [7, 11) is 1.54. The lowest BCUT2D eigenvalue weighted by atomic mass is 9.89. The van der Waals surface area contributed by atoms with Crippen LogP contribution in [-0.4, -0.2) is 49.0 Å². The number of ether oxygens (including phenoxy) is 2. The monoisotopic (exact) mass is 509 g/mol. The molecule has 0 spiro atoms. The van der Waals surface area contributed by atoms with Gasteiger partial charge in [0, 0.05) is 37.2 Å². The van der Waals surface area contributed by atoms with E-state index in [1.165, 1.54) is 19.5 Å². The zero-order valence-corrected chi connectivity index (χ0v) is 20.0. The van der Waals surface area contributed by atoms with E-state index in [4.69, 9.17) is 9.47 Å². The van der Waals surface area contributed by atoms with Gasteiger partial charge in [-0.3, -0.25) is 0 Å². The first-order valence-electron chi connectivity index (χ1n) is 11.0. The maximum atomic E-state index is 14.8. The number of anilines is 3. The normalized spacial score (nSPS) is 11.9. The van der Waals surface area contributed by atoms with Crippen LogP contribution in [0.3, 0.4) is 0 Å². The summed E-state index contributed by atoms with van der Waals surface area (Å²) < 4.78 is 63.9. The lowest BCUT2D eigenvalue weighted by Gasteiger charge is -2.27. The number of amides is 2. The Morgan fingerprint density at radius 3 is 2.39 bits per heavy atom. The second kappa shape index (κ2) is 11.4. The molecule has 8 nitrogen and oxygen atoms in total. The second-order valence-electron chi connectivity index (χ2n) is 8.58. The average Bonchev–Trinajstić information content (AvgIpc) is 2.79. The summed E-state index contributed by atoms with van der Waals surface area (Å²) >= 11 is 0. The molecule has 0 aliphatic rings. The third-order valence-corrected chi connectivity index (χ3v) is 5.43. The number of rotatable bonds is 10. The molecule has 2 aromatic carbocycles. The molecule has 0 fully saturated rings. The smallest absolute Gasteiger partial charge is 0.394 e. The van der Waals surface area contributed by atoms with Crippen molar-refractivity contribution in [3.8, 4) is 5.75 Å². The lowest BCUT2D eigenvalue weighted by molar-refractivity contribution is -0.213. The number of halogens is 4. The number of nitrogens with one attached hydrogen (secondary N) is 3. The highest BCUT2D eigenvalue weighted by Gasteiger charge is 2.46. The third-order valence-electron chi connectivity index (χ3n) is 5.43. The van der Waals surface area contributed by atoms with Crippen LogP contribution in [0.1, 0.15) is 20.3 Å². The highest BCUT2D eigenvalue weighted by molar-refractivity contribution is 5.92. The fraction of sp³-hybridized carbons (Fsp3) is 0.375. The van der Waals surface area contributed by atoms with Crippen LogP contribution in [0.2, 0.25) is 0 Å². The number of urea groups is 1. The summed E-state index contributed by atoms with van der Waals surface area (Å²) in [5.41, 5.74) is -0.572. The topological polar surface area (TPSA) is 97.4 Å². The number of fused-ring (bicyclic) bond motifs is 1. The van der Waals surface area contributed by atoms with Gasteiger partial charge in [0.15, 0.2) is 0 Å². The minimum absolute atomic E-state index is 0.135. The number of alkyl halides is 3. The van der Waals surface area contributed by atoms with Crippen LogP contribution in [0.5, 0.6) is 5.75 Å². The number of benzene rings is 2. The maximum absolute atomic E-state index is 14.8. The molecule has 0 atom stereocenters. The first-order chi connectivity index (χ1) is 17.0. The largest absolute Gasteiger partial charge is 0.491 e. The summed E-state index contributed by atoms with van der Waals surface area (Å²) in [5.74, 6) is -0.00396. The Morgan fingerprint density at radius 1 is 1.03 bits per heavy atom. The van der Waals surface area contributed by atoms with Crippen molar-refractivity contribution in [3.05, 3.63) is 48.5 Å². The SMILES string of the molecule is COCCOc1cc(F)c2c(Nc3ccc(NC(=O)NCCC(C)(C)C(F)(F)F)cc3)ncnc2c1. The van der Waals surface area contributed by atoms with Crippen LogP contribution in [0.25, 0.3) is 10.9 Å². The molecule has 1 aromatic heterocycles. The lowest BCUT2D eigenvalue weighted by Crippen LogP contribution is -2.37. The van der Waals surface area contributed by atoms with Gasteiger partial charge in [0.25, 0.3) is 0 Å². The molecular formula is C24H27F4N5O3. The molecule has 2 amide bonds. The molecule has 194 valence electrons. The van der Waals surface area contributed by atoms with E-state index in [0.29, 0.717) is 29.2 Å². The molecule has 1 heterocycles. The molecule has 0 unspecified atom stereocenters. The van der Waals surface area contributed by atoms with Crippen molar-refractivity contribution in [2.24, 2.45) is 5.41 Å². The third kappa shape index (κ3) is 6.94. The number of nitrogens with zero attached hydrogens (tertiary/aromatic N) is 2. The van der Waals surface area contributed by atoms with Crippen LogP contribution in [0.15, 0.2) is 42.7 Å². The molecule has 12 heteroatoms. The summed E-state index contributed by atoms with van der Waals surface area (Å²) in [4.78, 5) is 20.3. The van der Waals surface area contributed by atoms with E-state index >= 15 is 0 Å². The van der Waals surface area contributed by atoms with Crippen LogP contribution in [-0.2, 0) is 4.74 Å². The highest BCUT2D eigenvalue weighted by atomic mass is 19.4. The molecular weight excluding hydrogens is 482 g/mol. The molecule has 0 aliphatic heterocycles. The molecule has 0 aliphatic carbocycles. The van der Waals surface area contributed by atoms with E-state index in [9.17, 15) is 22.4 Å². The minimum atomic E-state index is -4.36. The predicted molar refractivity (Wildman–Crippen MR) is 128 cm³/mol. The first kappa shape index (κ1) is 26.9. The standard InChI is InChI=1S/C24H27F4N5O3/c1-23(2,24(26,27)28)8-9-29-22(34)33-16-6-4-15(5-7-16)32-21-20-18(25)12-17(36-11-10-35-3)13-19(20)30-14-31-21/h4-7,12-14H,8-11H2,1-3H3,(H2,29,33,34)(H,30,31,32). The van der Waals surface area contributed by atoms with Crippen LogP contribution >= 0.6 is 0 Å². The van der Waals surface area contributed by atoms with E-state index in [0.717, 1.165) is 13.8 Å². The molecule has 0 radical (unpaired) electrons. The van der Waals surface area contributed by atoms with Gasteiger partial charge in [-0.15, -0.1) is 0 Å². The Kier molecular flexibility index (Phi) is 8.51. The van der Waals surface area contributed by atoms with Crippen LogP contribution < -0.4 is 20.7 Å². The number of hydrogen-bond donors (Lipinski definition) is 3. The molecule has 3 rings (SSSR count). The van der Waals surface area contributed by atoms with Gasteiger partial charge in [-0.1, -0.05) is 13.8 Å². The molecule has 36 heavy (non-hydrogen) atoms. The summed E-state index contributed by atoms with van der Waals surface area (Å²) in [6, 6.07) is 8.66. The number of methoxy groups -OCH3 is 1. The van der Waals surface area contributed by atoms with E-state index in [1.54, 1.807) is 30.3 Å². The van der Waals surface area contributed by atoms with Gasteiger partial charge < -0.3 is 25.4 Å². The Labute approximate surface area is 205 Å². The molecule has 3 aromatic rings. The minimum Gasteiger partial charge on any atom is -0.491 e. The van der Waals surface area contributed by atoms with E-state index in [2.05, 4.69) is 25.9 Å². The predicted octanol–water partition coefficient (Wildman–Crippen LogP) is 5.64. The first-order valence-corrected chi connectivity index (χ1v) is 11.0. The van der Waals surface area contributed by atoms with Gasteiger partial charge in [0.05, 0.1) is 22.9 Å². The molecule has 0 bridgehead atoms. The number of carbonyl (C=O) groups is 1. The molecule has 0 saturated heterocycles. The van der Waals surface area contributed by atoms with E-state index < -0.39 is 23.4 Å². The Hall–Kier alpha value is -3.67. The molecule has 0 saturated carbocycles. The van der Waals surface area contributed by atoms with Crippen molar-refractivity contribution in [2.75, 3.05) is 37.5 Å². The van der Waals surface area contributed by atoms with E-state index in [1.807, 2.05) is 0 Å². The fourth-order valence-electron chi connectivity index (χ4n) is 3.12. The van der Waals surface area contributed by atoms with Crippen molar-refractivity contribution in [3.63, 3.8) is 0 Å². The zero-order valence-electron chi connectivity index (χ0n) is 20.0. The average molecular weight is 510 g/mol. The van der Waals surface area contributed by atoms with E-state index in [-0.39, 0.29) is 30.8 Å². The van der Waals surface area contributed by atoms with Gasteiger partial charge in [-0.05, 0) is 30.7 Å². The van der Waals surface area contributed by atoms with Gasteiger partial charge in [-0.2, -0.15) is 13.2 Å². The Balaban J connectivity index is 1.61. The number of carbonyl (C=O) groups excluding carboxylic acids is 1. The Bertz CT molecular complexity index is 1190. The highest BCUT2D eigenvalue weighted by Crippen LogP contribution is 2.39. The zero-order chi connectivity index (χ0) is 26.3. The second-order valence-corrected chi connectivity index (χ2v) is 8.58. The van der Waals surface area contributed by atoms with Crippen molar-refractivity contribution in [1.82, 2.24) is 15.3 Å². The van der Waals surface area contributed by atoms with Gasteiger partial charge >= 0.3 is 12.2 Å². The fourth-order valence-corrected chi connectivity index (χ4v) is 3.12. The number of aromatic nitrogens is 2. The summed E-state index contributed by atoms with van der Waals surface area (Å²) in [6.07, 6.45) is -3.31. The maximum Gasteiger partial charge on any atom is 0.394 e. The van der Waals surface area contributed by atoms with Crippen LogP contribution in [0, 0.1) is 11.2 Å². The quantitative estimate of drug-likeness (QED) is 0.242. The van der Waals surface area contributed by atoms with Crippen molar-refractivity contribution >= 4 is 34.1 Å². The summed E-state index contributed by atoms with van der Waals surface area (Å²) in [6.45, 7) is 2.66. The number of hydrogen-bond acceptors (Lipinski definition) is 6. The van der Waals surface area contributed by atoms with Crippen LogP contribution in [0.4, 0.5) is 39.5 Å². The van der Waals surface area contributed by atoms with Gasteiger partial charge in [0.1, 0.15) is 30.3 Å². The van der Waals surface area contributed by atoms with Gasteiger partial charge in [-0.25, -0.2) is 19.2 Å². The van der Waals surface area contributed by atoms with Gasteiger partial charge in [0.2, 0.25) is 0 Å².